The predicted molar refractivity (Wildman–Crippen MR) is 84.8 cm³/mol. The normalized spacial score (nSPS) is 13.5. The standard InChI is InChI=1S/C17H13BrN2O/c18-15-5-6-16(14(9-15)10-19)20-17(21)13-7-11-3-1-2-4-12(11)8-13/h1-6,9,13H,7-8H2,(H,20,21). The van der Waals surface area contributed by atoms with Crippen molar-refractivity contribution in [3.05, 3.63) is 63.6 Å². The second-order valence-corrected chi connectivity index (χ2v) is 6.08. The number of nitrogens with one attached hydrogen (secondary N) is 1. The van der Waals surface area contributed by atoms with E-state index in [1.807, 2.05) is 18.2 Å². The van der Waals surface area contributed by atoms with Gasteiger partial charge in [0.2, 0.25) is 5.91 Å². The van der Waals surface area contributed by atoms with Gasteiger partial charge in [0.15, 0.2) is 0 Å². The summed E-state index contributed by atoms with van der Waals surface area (Å²) in [4.78, 5) is 12.4. The summed E-state index contributed by atoms with van der Waals surface area (Å²) >= 11 is 3.33. The number of rotatable bonds is 2. The van der Waals surface area contributed by atoms with Gasteiger partial charge in [0, 0.05) is 10.4 Å². The fourth-order valence-corrected chi connectivity index (χ4v) is 3.06. The lowest BCUT2D eigenvalue weighted by atomic mass is 10.1. The Hall–Kier alpha value is -2.12. The molecule has 3 rings (SSSR count). The molecule has 21 heavy (non-hydrogen) atoms. The largest absolute Gasteiger partial charge is 0.325 e. The first kappa shape index (κ1) is 13.8. The maximum absolute atomic E-state index is 12.4. The fourth-order valence-electron chi connectivity index (χ4n) is 2.70. The molecule has 2 aromatic carbocycles. The topological polar surface area (TPSA) is 52.9 Å². The molecule has 1 N–H and O–H groups in total. The molecule has 0 aliphatic heterocycles. The minimum atomic E-state index is -0.0578. The number of carbonyl (C=O) groups is 1. The number of nitrogens with zero attached hydrogens (tertiary/aromatic N) is 1. The molecule has 1 aliphatic carbocycles. The molecule has 0 saturated heterocycles. The van der Waals surface area contributed by atoms with E-state index in [1.165, 1.54) is 11.1 Å². The number of fused-ring (bicyclic) bond motifs is 1. The molecule has 4 heteroatoms. The summed E-state index contributed by atoms with van der Waals surface area (Å²) in [5, 5.41) is 12.0. The number of amides is 1. The van der Waals surface area contributed by atoms with E-state index in [1.54, 1.807) is 12.1 Å². The Morgan fingerprint density at radius 2 is 1.86 bits per heavy atom. The second-order valence-electron chi connectivity index (χ2n) is 5.16. The van der Waals surface area contributed by atoms with E-state index in [4.69, 9.17) is 5.26 Å². The van der Waals surface area contributed by atoms with Crippen LogP contribution in [0.3, 0.4) is 0 Å². The number of nitriles is 1. The molecular weight excluding hydrogens is 328 g/mol. The fraction of sp³-hybridized carbons (Fsp3) is 0.176. The molecular formula is C17H13BrN2O. The molecule has 0 unspecified atom stereocenters. The van der Waals surface area contributed by atoms with Crippen LogP contribution in [0.2, 0.25) is 0 Å². The van der Waals surface area contributed by atoms with E-state index >= 15 is 0 Å². The van der Waals surface area contributed by atoms with Crippen LogP contribution < -0.4 is 5.32 Å². The van der Waals surface area contributed by atoms with Crippen molar-refractivity contribution in [3.8, 4) is 6.07 Å². The maximum atomic E-state index is 12.4. The van der Waals surface area contributed by atoms with Gasteiger partial charge >= 0.3 is 0 Å². The smallest absolute Gasteiger partial charge is 0.228 e. The summed E-state index contributed by atoms with van der Waals surface area (Å²) in [6.07, 6.45) is 1.53. The molecule has 0 heterocycles. The van der Waals surface area contributed by atoms with E-state index < -0.39 is 0 Å². The van der Waals surface area contributed by atoms with E-state index in [0.29, 0.717) is 11.3 Å². The van der Waals surface area contributed by atoms with Crippen LogP contribution in [0.4, 0.5) is 5.69 Å². The molecule has 1 aliphatic rings. The zero-order chi connectivity index (χ0) is 14.8. The van der Waals surface area contributed by atoms with Gasteiger partial charge in [0.25, 0.3) is 0 Å². The van der Waals surface area contributed by atoms with Crippen LogP contribution in [-0.4, -0.2) is 5.91 Å². The third kappa shape index (κ3) is 2.84. The van der Waals surface area contributed by atoms with Gasteiger partial charge in [-0.05, 0) is 42.2 Å². The summed E-state index contributed by atoms with van der Waals surface area (Å²) in [7, 11) is 0. The number of hydrogen-bond acceptors (Lipinski definition) is 2. The minimum Gasteiger partial charge on any atom is -0.325 e. The van der Waals surface area contributed by atoms with E-state index in [2.05, 4.69) is 39.4 Å². The first-order valence-electron chi connectivity index (χ1n) is 6.74. The number of halogens is 1. The Kier molecular flexibility index (Phi) is 3.76. The molecule has 0 bridgehead atoms. The van der Waals surface area contributed by atoms with Gasteiger partial charge in [-0.15, -0.1) is 0 Å². The van der Waals surface area contributed by atoms with Crippen LogP contribution >= 0.6 is 15.9 Å². The van der Waals surface area contributed by atoms with Crippen molar-refractivity contribution in [2.45, 2.75) is 12.8 Å². The van der Waals surface area contributed by atoms with Crippen LogP contribution in [0.25, 0.3) is 0 Å². The van der Waals surface area contributed by atoms with Crippen molar-refractivity contribution < 1.29 is 4.79 Å². The van der Waals surface area contributed by atoms with Crippen LogP contribution in [0.1, 0.15) is 16.7 Å². The Balaban J connectivity index is 1.76. The van der Waals surface area contributed by atoms with Crippen molar-refractivity contribution >= 4 is 27.5 Å². The van der Waals surface area contributed by atoms with Crippen molar-refractivity contribution in [1.82, 2.24) is 0 Å². The second kappa shape index (κ2) is 5.71. The van der Waals surface area contributed by atoms with Crippen molar-refractivity contribution in [1.29, 1.82) is 5.26 Å². The van der Waals surface area contributed by atoms with E-state index in [9.17, 15) is 4.79 Å². The Morgan fingerprint density at radius 1 is 1.19 bits per heavy atom. The van der Waals surface area contributed by atoms with E-state index in [0.717, 1.165) is 17.3 Å². The summed E-state index contributed by atoms with van der Waals surface area (Å²) in [6.45, 7) is 0. The highest BCUT2D eigenvalue weighted by molar-refractivity contribution is 9.10. The molecule has 104 valence electrons. The molecule has 0 radical (unpaired) electrons. The number of carbonyl (C=O) groups excluding carboxylic acids is 1. The van der Waals surface area contributed by atoms with E-state index in [-0.39, 0.29) is 11.8 Å². The molecule has 0 atom stereocenters. The minimum absolute atomic E-state index is 0.0231. The molecule has 2 aromatic rings. The summed E-state index contributed by atoms with van der Waals surface area (Å²) < 4.78 is 0.824. The quantitative estimate of drug-likeness (QED) is 0.906. The van der Waals surface area contributed by atoms with Crippen LogP contribution in [0, 0.1) is 17.2 Å². The van der Waals surface area contributed by atoms with Crippen molar-refractivity contribution in [2.24, 2.45) is 5.92 Å². The summed E-state index contributed by atoms with van der Waals surface area (Å²) in [5.74, 6) is -0.0809. The van der Waals surface area contributed by atoms with Crippen LogP contribution in [0.15, 0.2) is 46.9 Å². The molecule has 0 fully saturated rings. The zero-order valence-corrected chi connectivity index (χ0v) is 12.9. The third-order valence-corrected chi connectivity index (χ3v) is 4.27. The van der Waals surface area contributed by atoms with Gasteiger partial charge in [0.1, 0.15) is 6.07 Å². The van der Waals surface area contributed by atoms with Gasteiger partial charge < -0.3 is 5.32 Å². The van der Waals surface area contributed by atoms with Gasteiger partial charge in [-0.3, -0.25) is 4.79 Å². The predicted octanol–water partition coefficient (Wildman–Crippen LogP) is 3.67. The van der Waals surface area contributed by atoms with Gasteiger partial charge in [-0.2, -0.15) is 5.26 Å². The lowest BCUT2D eigenvalue weighted by molar-refractivity contribution is -0.119. The van der Waals surface area contributed by atoms with Gasteiger partial charge in [-0.25, -0.2) is 0 Å². The number of anilines is 1. The highest BCUT2D eigenvalue weighted by atomic mass is 79.9. The molecule has 1 amide bonds. The zero-order valence-electron chi connectivity index (χ0n) is 11.3. The SMILES string of the molecule is N#Cc1cc(Br)ccc1NC(=O)C1Cc2ccccc2C1. The molecule has 0 aromatic heterocycles. The maximum Gasteiger partial charge on any atom is 0.228 e. The number of hydrogen-bond donors (Lipinski definition) is 1. The molecule has 3 nitrogen and oxygen atoms in total. The average molecular weight is 341 g/mol. The lowest BCUT2D eigenvalue weighted by Crippen LogP contribution is -2.23. The Labute approximate surface area is 131 Å². The van der Waals surface area contributed by atoms with Crippen LogP contribution in [0.5, 0.6) is 0 Å². The Bertz CT molecular complexity index is 724. The highest BCUT2D eigenvalue weighted by Gasteiger charge is 2.27. The van der Waals surface area contributed by atoms with Crippen molar-refractivity contribution in [2.75, 3.05) is 5.32 Å². The van der Waals surface area contributed by atoms with Crippen molar-refractivity contribution in [3.63, 3.8) is 0 Å². The summed E-state index contributed by atoms with van der Waals surface area (Å²) in [6, 6.07) is 15.5. The average Bonchev–Trinajstić information content (AvgIpc) is 2.93. The highest BCUT2D eigenvalue weighted by Crippen LogP contribution is 2.28. The summed E-state index contributed by atoms with van der Waals surface area (Å²) in [5.41, 5.74) is 3.53. The first-order valence-corrected chi connectivity index (χ1v) is 7.54. The Morgan fingerprint density at radius 3 is 2.48 bits per heavy atom. The van der Waals surface area contributed by atoms with Gasteiger partial charge in [0.05, 0.1) is 11.3 Å². The monoisotopic (exact) mass is 340 g/mol. The third-order valence-electron chi connectivity index (χ3n) is 3.78. The van der Waals surface area contributed by atoms with Crippen LogP contribution in [-0.2, 0) is 17.6 Å². The van der Waals surface area contributed by atoms with Gasteiger partial charge in [-0.1, -0.05) is 40.2 Å². The lowest BCUT2D eigenvalue weighted by Gasteiger charge is -2.11. The molecule has 0 saturated carbocycles. The first-order chi connectivity index (χ1) is 10.2. The molecule has 0 spiro atoms. The number of benzene rings is 2.